The molecule has 182 valence electrons. The fourth-order valence-corrected chi connectivity index (χ4v) is 7.35. The van der Waals surface area contributed by atoms with Gasteiger partial charge in [0.1, 0.15) is 0 Å². The van der Waals surface area contributed by atoms with E-state index in [1.807, 2.05) is 6.92 Å². The quantitative estimate of drug-likeness (QED) is 0.227. The van der Waals surface area contributed by atoms with Gasteiger partial charge in [0, 0.05) is 36.7 Å². The Bertz CT molecular complexity index is 917. The molecule has 4 aliphatic carbocycles. The highest BCUT2D eigenvalue weighted by molar-refractivity contribution is 5.93. The highest BCUT2D eigenvalue weighted by Crippen LogP contribution is 2.67. The molecule has 3 N–H and O–H groups in total. The fourth-order valence-electron chi connectivity index (χ4n) is 7.35. The molecule has 0 aliphatic heterocycles. The van der Waals surface area contributed by atoms with Crippen molar-refractivity contribution in [2.75, 3.05) is 7.11 Å². The third-order valence-electron chi connectivity index (χ3n) is 9.37. The lowest BCUT2D eigenvalue weighted by atomic mass is 9.47. The van der Waals surface area contributed by atoms with Crippen LogP contribution >= 0.6 is 0 Å². The van der Waals surface area contributed by atoms with Crippen molar-refractivity contribution in [2.24, 2.45) is 28.6 Å². The number of hydrogen-bond donors (Lipinski definition) is 3. The molecule has 0 aromatic rings. The number of ether oxygens (including phenoxy) is 1. The first kappa shape index (κ1) is 24.3. The molecule has 0 spiro atoms. The Morgan fingerprint density at radius 3 is 2.64 bits per heavy atom. The van der Waals surface area contributed by atoms with Gasteiger partial charge in [-0.2, -0.15) is 4.89 Å². The number of Topliss-reactive ketones (excluding diaryl/α,β-unsaturated/α-hetero) is 1. The first-order chi connectivity index (χ1) is 15.5. The van der Waals surface area contributed by atoms with Crippen molar-refractivity contribution in [3.63, 3.8) is 0 Å². The van der Waals surface area contributed by atoms with Crippen LogP contribution in [0.5, 0.6) is 0 Å². The van der Waals surface area contributed by atoms with Gasteiger partial charge in [-0.15, -0.1) is 0 Å². The number of aliphatic carboxylic acids is 1. The summed E-state index contributed by atoms with van der Waals surface area (Å²) < 4.78 is 5.08. The normalized spacial score (nSPS) is 40.8. The van der Waals surface area contributed by atoms with Gasteiger partial charge in [0.25, 0.3) is 0 Å². The Morgan fingerprint density at radius 1 is 1.27 bits per heavy atom. The van der Waals surface area contributed by atoms with Crippen LogP contribution < -0.4 is 0 Å². The summed E-state index contributed by atoms with van der Waals surface area (Å²) in [6, 6.07) is 0. The van der Waals surface area contributed by atoms with E-state index in [1.54, 1.807) is 6.08 Å². The number of allylic oxidation sites excluding steroid dienone is 4. The average Bonchev–Trinajstić information content (AvgIpc) is 3.04. The number of hydrogen-bond acceptors (Lipinski definition) is 7. The molecule has 0 bridgehead atoms. The second kappa shape index (κ2) is 8.41. The molecule has 8 nitrogen and oxygen atoms in total. The maximum Gasteiger partial charge on any atom is 0.303 e. The first-order valence-electron chi connectivity index (χ1n) is 11.8. The van der Waals surface area contributed by atoms with Gasteiger partial charge in [0.2, 0.25) is 6.29 Å². The van der Waals surface area contributed by atoms with Crippen LogP contribution in [-0.4, -0.2) is 52.0 Å². The Morgan fingerprint density at radius 2 is 2.00 bits per heavy atom. The van der Waals surface area contributed by atoms with E-state index >= 15 is 0 Å². The minimum absolute atomic E-state index is 0.0440. The fraction of sp³-hybridized carbons (Fsp3) is 0.720. The third kappa shape index (κ3) is 3.62. The molecule has 0 aromatic carbocycles. The zero-order valence-electron chi connectivity index (χ0n) is 19.5. The summed E-state index contributed by atoms with van der Waals surface area (Å²) in [4.78, 5) is 41.3. The number of rotatable bonds is 7. The number of carbonyl (C=O) groups excluding carboxylic acids is 2. The molecular weight excluding hydrogens is 428 g/mol. The molecule has 2 saturated carbocycles. The molecular formula is C25H34O8. The lowest BCUT2D eigenvalue weighted by molar-refractivity contribution is -0.328. The monoisotopic (exact) mass is 462 g/mol. The van der Waals surface area contributed by atoms with Crippen LogP contribution in [0.4, 0.5) is 0 Å². The molecule has 2 fully saturated rings. The number of carboxylic acid groups (broad SMARTS) is 1. The molecule has 2 unspecified atom stereocenters. The Balaban J connectivity index is 1.80. The lowest BCUT2D eigenvalue weighted by Crippen LogP contribution is -2.54. The molecule has 0 heterocycles. The number of carboxylic acids is 1. The molecule has 0 saturated heterocycles. The molecule has 7 atom stereocenters. The van der Waals surface area contributed by atoms with E-state index in [-0.39, 0.29) is 41.7 Å². The summed E-state index contributed by atoms with van der Waals surface area (Å²) in [6.45, 7) is 4.14. The van der Waals surface area contributed by atoms with Gasteiger partial charge in [-0.05, 0) is 56.4 Å². The maximum atomic E-state index is 13.5. The molecule has 0 radical (unpaired) electrons. The van der Waals surface area contributed by atoms with Crippen LogP contribution in [0.1, 0.15) is 65.2 Å². The van der Waals surface area contributed by atoms with Crippen LogP contribution in [0.15, 0.2) is 23.3 Å². The van der Waals surface area contributed by atoms with Gasteiger partial charge in [0.15, 0.2) is 11.6 Å². The molecule has 33 heavy (non-hydrogen) atoms. The van der Waals surface area contributed by atoms with Crippen molar-refractivity contribution < 1.29 is 39.5 Å². The van der Waals surface area contributed by atoms with Gasteiger partial charge >= 0.3 is 5.97 Å². The number of ketones is 2. The minimum Gasteiger partial charge on any atom is -0.481 e. The van der Waals surface area contributed by atoms with Crippen molar-refractivity contribution in [3.05, 3.63) is 23.3 Å². The van der Waals surface area contributed by atoms with Crippen LogP contribution in [0, 0.1) is 28.6 Å². The SMILES string of the molecule is COC(OO)C(=O)C1CC2=CC(=O)CC[C@]2(C)C2=CC[C@@]3(C)[C@@H](CC[C@]3(O)CCC(=O)O)[C@@H]21. The van der Waals surface area contributed by atoms with Gasteiger partial charge in [-0.25, -0.2) is 5.26 Å². The smallest absolute Gasteiger partial charge is 0.303 e. The predicted octanol–water partition coefficient (Wildman–Crippen LogP) is 3.29. The van der Waals surface area contributed by atoms with Crippen molar-refractivity contribution >= 4 is 17.5 Å². The minimum atomic E-state index is -1.43. The Hall–Kier alpha value is -1.87. The molecule has 4 rings (SSSR count). The lowest BCUT2D eigenvalue weighted by Gasteiger charge is -2.57. The topological polar surface area (TPSA) is 130 Å². The van der Waals surface area contributed by atoms with Crippen LogP contribution in [0.2, 0.25) is 0 Å². The molecule has 0 amide bonds. The van der Waals surface area contributed by atoms with E-state index in [0.717, 1.165) is 11.1 Å². The third-order valence-corrected chi connectivity index (χ3v) is 9.37. The van der Waals surface area contributed by atoms with Crippen molar-refractivity contribution in [1.29, 1.82) is 0 Å². The number of carbonyl (C=O) groups is 3. The second-order valence-electron chi connectivity index (χ2n) is 10.7. The zero-order chi connectivity index (χ0) is 24.2. The summed E-state index contributed by atoms with van der Waals surface area (Å²) in [5.74, 6) is -2.10. The maximum absolute atomic E-state index is 13.5. The summed E-state index contributed by atoms with van der Waals surface area (Å²) in [5.41, 5.74) is -0.0147. The zero-order valence-corrected chi connectivity index (χ0v) is 19.5. The Labute approximate surface area is 193 Å². The van der Waals surface area contributed by atoms with Crippen LogP contribution in [-0.2, 0) is 24.0 Å². The van der Waals surface area contributed by atoms with E-state index in [9.17, 15) is 29.9 Å². The second-order valence-corrected chi connectivity index (χ2v) is 10.7. The number of methoxy groups -OCH3 is 1. The largest absolute Gasteiger partial charge is 0.481 e. The molecule has 8 heteroatoms. The van der Waals surface area contributed by atoms with Crippen molar-refractivity contribution in [1.82, 2.24) is 0 Å². The molecule has 0 aromatic heterocycles. The van der Waals surface area contributed by atoms with Gasteiger partial charge in [-0.1, -0.05) is 31.1 Å². The van der Waals surface area contributed by atoms with Crippen LogP contribution in [0.3, 0.4) is 0 Å². The van der Waals surface area contributed by atoms with Gasteiger partial charge in [-0.3, -0.25) is 14.4 Å². The molecule has 4 aliphatic rings. The number of aliphatic hydroxyl groups is 1. The summed E-state index contributed by atoms with van der Waals surface area (Å²) >= 11 is 0. The first-order valence-corrected chi connectivity index (χ1v) is 11.8. The average molecular weight is 463 g/mol. The highest BCUT2D eigenvalue weighted by Gasteiger charge is 2.64. The van der Waals surface area contributed by atoms with Crippen molar-refractivity contribution in [3.8, 4) is 0 Å². The van der Waals surface area contributed by atoms with E-state index in [0.29, 0.717) is 38.5 Å². The summed E-state index contributed by atoms with van der Waals surface area (Å²) in [5, 5.41) is 30.1. The summed E-state index contributed by atoms with van der Waals surface area (Å²) in [7, 11) is 1.29. The van der Waals surface area contributed by atoms with E-state index in [4.69, 9.17) is 4.74 Å². The standard InChI is InChI=1S/C25H34O8/c1-23-8-4-15(26)12-14(23)13-16(21(29)22(32-3)33-31)20-17(23)5-9-24(2)18(20)6-10-25(24,30)11-7-19(27)28/h5,12,16,18,20,22,30-31H,4,6-11,13H2,1-3H3,(H,27,28)/t16?,18-,20+,22?,23-,24-,25-/m0/s1. The summed E-state index contributed by atoms with van der Waals surface area (Å²) in [6.07, 6.45) is 5.66. The van der Waals surface area contributed by atoms with Gasteiger partial charge in [0.05, 0.1) is 5.60 Å². The van der Waals surface area contributed by atoms with Gasteiger partial charge < -0.3 is 14.9 Å². The van der Waals surface area contributed by atoms with Crippen LogP contribution in [0.25, 0.3) is 0 Å². The highest BCUT2D eigenvalue weighted by atomic mass is 17.1. The van der Waals surface area contributed by atoms with E-state index < -0.39 is 29.2 Å². The van der Waals surface area contributed by atoms with E-state index in [1.165, 1.54) is 7.11 Å². The Kier molecular flexibility index (Phi) is 6.18. The number of fused-ring (bicyclic) bond motifs is 5. The predicted molar refractivity (Wildman–Crippen MR) is 117 cm³/mol. The van der Waals surface area contributed by atoms with Crippen molar-refractivity contribution in [2.45, 2.75) is 77.1 Å². The van der Waals surface area contributed by atoms with E-state index in [2.05, 4.69) is 17.9 Å².